The van der Waals surface area contributed by atoms with E-state index in [0.29, 0.717) is 6.42 Å². The lowest BCUT2D eigenvalue weighted by atomic mass is 10.1. The molecular weight excluding hydrogens is 214 g/mol. The Labute approximate surface area is 103 Å². The first kappa shape index (κ1) is 9.66. The summed E-state index contributed by atoms with van der Waals surface area (Å²) in [5.41, 5.74) is 1.98. The number of carbonyl (C=O) groups is 1. The molecule has 2 aliphatic rings. The molecule has 0 atom stereocenters. The monoisotopic (exact) mass is 233 g/mol. The van der Waals surface area contributed by atoms with Crippen LogP contribution in [0.1, 0.15) is 35.2 Å². The Kier molecular flexibility index (Phi) is 2.55. The van der Waals surface area contributed by atoms with Gasteiger partial charge in [0.15, 0.2) is 5.78 Å². The average Bonchev–Trinajstić information content (AvgIpc) is 2.74. The molecule has 1 aliphatic heterocycles. The van der Waals surface area contributed by atoms with Crippen molar-refractivity contribution < 1.29 is 10.9 Å². The van der Waals surface area contributed by atoms with Crippen molar-refractivity contribution in [2.24, 2.45) is 0 Å². The highest BCUT2D eigenvalue weighted by Gasteiger charge is 2.20. The van der Waals surface area contributed by atoms with E-state index in [1.54, 1.807) is 5.31 Å². The fourth-order valence-corrected chi connectivity index (χ4v) is 2.54. The van der Waals surface area contributed by atoms with Crippen molar-refractivity contribution in [3.05, 3.63) is 29.3 Å². The summed E-state index contributed by atoms with van der Waals surface area (Å²) in [6, 6.07) is 5.79. The quantitative estimate of drug-likeness (QED) is 0.848. The van der Waals surface area contributed by atoms with E-state index < -0.39 is 0 Å². The van der Waals surface area contributed by atoms with Gasteiger partial charge in [0.25, 0.3) is 0 Å². The SMILES string of the molecule is [3H]N1CCC(Oc2ccc3c(c2)CCC3=O)CC1. The minimum Gasteiger partial charge on any atom is -0.490 e. The summed E-state index contributed by atoms with van der Waals surface area (Å²) >= 11 is 0. The van der Waals surface area contributed by atoms with Crippen molar-refractivity contribution in [1.82, 2.24) is 5.31 Å². The Morgan fingerprint density at radius 1 is 1.29 bits per heavy atom. The van der Waals surface area contributed by atoms with Crippen molar-refractivity contribution in [2.45, 2.75) is 31.8 Å². The molecule has 3 heteroatoms. The zero-order valence-electron chi connectivity index (χ0n) is 10.8. The summed E-state index contributed by atoms with van der Waals surface area (Å²) in [6.07, 6.45) is 3.49. The number of Topliss-reactive ketones (excluding diaryl/α,β-unsaturated/α-hetero) is 1. The summed E-state index contributed by atoms with van der Waals surface area (Å²) in [7, 11) is 0. The van der Waals surface area contributed by atoms with Crippen LogP contribution in [0.4, 0.5) is 0 Å². The molecule has 0 aromatic heterocycles. The highest BCUT2D eigenvalue weighted by molar-refractivity contribution is 6.00. The Balaban J connectivity index is 1.69. The summed E-state index contributed by atoms with van der Waals surface area (Å²) in [5, 5.41) is 1.58. The highest BCUT2D eigenvalue weighted by atomic mass is 16.5. The number of piperidine rings is 1. The van der Waals surface area contributed by atoms with Gasteiger partial charge in [-0.05, 0) is 56.1 Å². The van der Waals surface area contributed by atoms with Gasteiger partial charge < -0.3 is 10.0 Å². The standard InChI is InChI=1S/C14H17NO2/c16-14-4-1-10-9-12(2-3-13(10)14)17-11-5-7-15-8-6-11/h2-3,9,11,15H,1,4-8H2/i/hT. The summed E-state index contributed by atoms with van der Waals surface area (Å²) in [4.78, 5) is 11.5. The number of carbonyl (C=O) groups excluding carboxylic acids is 1. The molecule has 0 radical (unpaired) electrons. The predicted octanol–water partition coefficient (Wildman–Crippen LogP) is 1.95. The maximum Gasteiger partial charge on any atom is 0.163 e. The molecule has 1 fully saturated rings. The molecule has 0 amide bonds. The number of hydrogen-bond donors (Lipinski definition) is 1. The average molecular weight is 233 g/mol. The Bertz CT molecular complexity index is 467. The van der Waals surface area contributed by atoms with Crippen LogP contribution in [-0.4, -0.2) is 25.0 Å². The maximum absolute atomic E-state index is 11.5. The number of aryl methyl sites for hydroxylation is 1. The molecule has 90 valence electrons. The van der Waals surface area contributed by atoms with Gasteiger partial charge in [-0.3, -0.25) is 4.79 Å². The topological polar surface area (TPSA) is 38.3 Å². The maximum atomic E-state index is 11.5. The second-order valence-electron chi connectivity index (χ2n) is 4.73. The first-order valence-electron chi connectivity index (χ1n) is 6.74. The molecule has 0 bridgehead atoms. The van der Waals surface area contributed by atoms with Gasteiger partial charge in [-0.2, -0.15) is 0 Å². The van der Waals surface area contributed by atoms with Crippen LogP contribution in [-0.2, 0) is 6.42 Å². The van der Waals surface area contributed by atoms with E-state index >= 15 is 0 Å². The predicted molar refractivity (Wildman–Crippen MR) is 65.6 cm³/mol. The third-order valence-electron chi connectivity index (χ3n) is 3.52. The number of benzene rings is 1. The van der Waals surface area contributed by atoms with Crippen LogP contribution in [0.3, 0.4) is 0 Å². The molecule has 1 aliphatic carbocycles. The molecule has 0 unspecified atom stereocenters. The van der Waals surface area contributed by atoms with E-state index in [4.69, 9.17) is 6.15 Å². The first-order chi connectivity index (χ1) is 8.72. The first-order valence-corrected chi connectivity index (χ1v) is 6.29. The molecule has 0 saturated carbocycles. The molecule has 17 heavy (non-hydrogen) atoms. The van der Waals surface area contributed by atoms with Gasteiger partial charge in [0.2, 0.25) is 0 Å². The second-order valence-corrected chi connectivity index (χ2v) is 4.73. The minimum absolute atomic E-state index is 0.210. The lowest BCUT2D eigenvalue weighted by Gasteiger charge is -2.24. The van der Waals surface area contributed by atoms with Crippen LogP contribution < -0.4 is 10.0 Å². The third kappa shape index (κ3) is 2.20. The van der Waals surface area contributed by atoms with Gasteiger partial charge in [-0.1, -0.05) is 0 Å². The lowest BCUT2D eigenvalue weighted by Crippen LogP contribution is -2.34. The fourth-order valence-electron chi connectivity index (χ4n) is 2.54. The largest absolute Gasteiger partial charge is 0.490 e. The number of ether oxygens (including phenoxy) is 1. The smallest absolute Gasteiger partial charge is 0.163 e. The molecule has 1 N–H and O–H groups in total. The Morgan fingerprint density at radius 3 is 2.94 bits per heavy atom. The van der Waals surface area contributed by atoms with Crippen LogP contribution in [0.25, 0.3) is 0 Å². The van der Waals surface area contributed by atoms with Gasteiger partial charge in [0.05, 0.1) is 0 Å². The van der Waals surface area contributed by atoms with Crippen molar-refractivity contribution >= 4 is 5.78 Å². The van der Waals surface area contributed by atoms with Crippen molar-refractivity contribution in [1.29, 1.82) is 0 Å². The summed E-state index contributed by atoms with van der Waals surface area (Å²) in [5.74, 6) is 1.12. The lowest BCUT2D eigenvalue weighted by molar-refractivity contribution is 0.0994. The van der Waals surface area contributed by atoms with E-state index in [1.807, 2.05) is 18.2 Å². The number of ketones is 1. The molecule has 3 rings (SSSR count). The normalized spacial score (nSPS) is 22.4. The number of nitrogens with one attached hydrogen (secondary N) is 1. The van der Waals surface area contributed by atoms with Crippen LogP contribution in [0.2, 0.25) is 1.41 Å². The Hall–Kier alpha value is -1.35. The number of rotatable bonds is 2. The van der Waals surface area contributed by atoms with Gasteiger partial charge in [-0.25, -0.2) is 0 Å². The van der Waals surface area contributed by atoms with Gasteiger partial charge >= 0.3 is 0 Å². The molecule has 0 spiro atoms. The minimum atomic E-state index is 0.210. The van der Waals surface area contributed by atoms with Crippen molar-refractivity contribution in [3.63, 3.8) is 0 Å². The van der Waals surface area contributed by atoms with Crippen LogP contribution >= 0.6 is 0 Å². The van der Waals surface area contributed by atoms with Crippen LogP contribution in [0, 0.1) is 0 Å². The van der Waals surface area contributed by atoms with Crippen molar-refractivity contribution in [2.75, 3.05) is 13.1 Å². The van der Waals surface area contributed by atoms with Gasteiger partial charge in [-0.15, -0.1) is 0 Å². The number of fused-ring (bicyclic) bond motifs is 1. The molecule has 1 saturated heterocycles. The summed E-state index contributed by atoms with van der Waals surface area (Å²) < 4.78 is 13.4. The third-order valence-corrected chi connectivity index (χ3v) is 3.52. The molecule has 1 aromatic carbocycles. The van der Waals surface area contributed by atoms with Gasteiger partial charge in [0, 0.05) is 12.0 Å². The number of hydrogen-bond acceptors (Lipinski definition) is 3. The van der Waals surface area contributed by atoms with E-state index in [1.165, 1.54) is 0 Å². The molecule has 3 nitrogen and oxygen atoms in total. The van der Waals surface area contributed by atoms with E-state index in [9.17, 15) is 4.79 Å². The van der Waals surface area contributed by atoms with E-state index in [-0.39, 0.29) is 11.9 Å². The zero-order valence-corrected chi connectivity index (χ0v) is 9.82. The molecular formula is C14H17NO2. The highest BCUT2D eigenvalue weighted by Crippen LogP contribution is 2.27. The fraction of sp³-hybridized carbons (Fsp3) is 0.500. The van der Waals surface area contributed by atoms with Crippen LogP contribution in [0.5, 0.6) is 5.75 Å². The molecule has 1 aromatic rings. The Morgan fingerprint density at radius 2 is 2.12 bits per heavy atom. The zero-order chi connectivity index (χ0) is 12.5. The summed E-state index contributed by atoms with van der Waals surface area (Å²) in [6.45, 7) is 1.54. The second kappa shape index (κ2) is 4.49. The van der Waals surface area contributed by atoms with E-state index in [0.717, 1.165) is 49.2 Å². The molecule has 1 heterocycles. The van der Waals surface area contributed by atoms with E-state index in [2.05, 4.69) is 0 Å². The van der Waals surface area contributed by atoms with Crippen molar-refractivity contribution in [3.8, 4) is 5.75 Å². The van der Waals surface area contributed by atoms with Crippen LogP contribution in [0.15, 0.2) is 18.2 Å². The van der Waals surface area contributed by atoms with Gasteiger partial charge in [0.1, 0.15) is 13.3 Å².